The van der Waals surface area contributed by atoms with Gasteiger partial charge in [-0.15, -0.1) is 0 Å². The lowest BCUT2D eigenvalue weighted by molar-refractivity contribution is -0.136. The Morgan fingerprint density at radius 2 is 2.27 bits per heavy atom. The average molecular weight is 347 g/mol. The Kier molecular flexibility index (Phi) is 4.21. The molecular formula is C8H5ClF2INO2. The molecule has 0 spiro atoms. The molecule has 0 radical (unpaired) electrons. The van der Waals surface area contributed by atoms with E-state index in [0.29, 0.717) is 0 Å². The summed E-state index contributed by atoms with van der Waals surface area (Å²) in [5, 5.41) is 8.52. The number of carbonyl (C=O) groups is 1. The van der Waals surface area contributed by atoms with Crippen LogP contribution < -0.4 is 0 Å². The van der Waals surface area contributed by atoms with E-state index in [2.05, 4.69) is 4.98 Å². The molecule has 1 N–H and O–H groups in total. The van der Waals surface area contributed by atoms with Crippen LogP contribution in [0.3, 0.4) is 0 Å². The highest BCUT2D eigenvalue weighted by molar-refractivity contribution is 14.1. The molecule has 0 aliphatic heterocycles. The van der Waals surface area contributed by atoms with Crippen LogP contribution in [0.1, 0.15) is 17.6 Å². The number of hydrogen-bond acceptors (Lipinski definition) is 2. The van der Waals surface area contributed by atoms with E-state index < -0.39 is 18.8 Å². The largest absolute Gasteiger partial charge is 0.481 e. The Morgan fingerprint density at radius 1 is 1.67 bits per heavy atom. The van der Waals surface area contributed by atoms with Gasteiger partial charge in [0.25, 0.3) is 6.43 Å². The second-order valence-corrected chi connectivity index (χ2v) is 4.10. The highest BCUT2D eigenvalue weighted by Crippen LogP contribution is 2.29. The van der Waals surface area contributed by atoms with Crippen molar-refractivity contribution in [2.45, 2.75) is 12.8 Å². The highest BCUT2D eigenvalue weighted by Gasteiger charge is 2.19. The molecule has 0 unspecified atom stereocenters. The zero-order valence-electron chi connectivity index (χ0n) is 7.18. The number of alkyl halides is 2. The van der Waals surface area contributed by atoms with Gasteiger partial charge in [0.2, 0.25) is 0 Å². The first-order valence-corrected chi connectivity index (χ1v) is 5.22. The lowest BCUT2D eigenvalue weighted by Crippen LogP contribution is -2.06. The standard InChI is InChI=1S/C8H5ClF2INO2/c9-7-3(1-5(14)15)6(12)4(2-13-7)8(10)11/h2,8H,1H2,(H,14,15). The van der Waals surface area contributed by atoms with Crippen LogP contribution in [-0.4, -0.2) is 16.1 Å². The number of nitrogens with zero attached hydrogens (tertiary/aromatic N) is 1. The van der Waals surface area contributed by atoms with Gasteiger partial charge in [-0.1, -0.05) is 11.6 Å². The summed E-state index contributed by atoms with van der Waals surface area (Å²) in [6, 6.07) is 0. The molecule has 0 bridgehead atoms. The van der Waals surface area contributed by atoms with Gasteiger partial charge < -0.3 is 5.11 Å². The minimum atomic E-state index is -2.69. The van der Waals surface area contributed by atoms with Crippen LogP contribution in [0.25, 0.3) is 0 Å². The third-order valence-electron chi connectivity index (χ3n) is 1.65. The average Bonchev–Trinajstić information content (AvgIpc) is 2.11. The fraction of sp³-hybridized carbons (Fsp3) is 0.250. The molecule has 0 saturated heterocycles. The van der Waals surface area contributed by atoms with Gasteiger partial charge in [-0.05, 0) is 22.6 Å². The SMILES string of the molecule is O=C(O)Cc1c(Cl)ncc(C(F)F)c1I. The van der Waals surface area contributed by atoms with Crippen molar-refractivity contribution < 1.29 is 18.7 Å². The number of aliphatic carboxylic acids is 1. The Morgan fingerprint density at radius 3 is 2.73 bits per heavy atom. The van der Waals surface area contributed by atoms with Crippen LogP contribution >= 0.6 is 34.2 Å². The molecule has 1 aromatic rings. The van der Waals surface area contributed by atoms with Crippen LogP contribution in [0.4, 0.5) is 8.78 Å². The second-order valence-electron chi connectivity index (χ2n) is 2.67. The van der Waals surface area contributed by atoms with Crippen molar-refractivity contribution in [1.29, 1.82) is 0 Å². The Labute approximate surface area is 103 Å². The fourth-order valence-corrected chi connectivity index (χ4v) is 2.17. The first kappa shape index (κ1) is 12.6. The molecule has 3 nitrogen and oxygen atoms in total. The van der Waals surface area contributed by atoms with Crippen LogP contribution in [0, 0.1) is 3.57 Å². The van der Waals surface area contributed by atoms with Crippen LogP contribution in [0.2, 0.25) is 5.15 Å². The van der Waals surface area contributed by atoms with Gasteiger partial charge in [0.05, 0.1) is 6.42 Å². The van der Waals surface area contributed by atoms with Crippen LogP contribution in [0.5, 0.6) is 0 Å². The van der Waals surface area contributed by atoms with Gasteiger partial charge in [0.15, 0.2) is 0 Å². The van der Waals surface area contributed by atoms with E-state index in [-0.39, 0.29) is 19.9 Å². The predicted octanol–water partition coefficient (Wildman–Crippen LogP) is 2.90. The quantitative estimate of drug-likeness (QED) is 0.676. The van der Waals surface area contributed by atoms with E-state index in [1.807, 2.05) is 0 Å². The van der Waals surface area contributed by atoms with E-state index in [0.717, 1.165) is 6.20 Å². The molecule has 0 atom stereocenters. The number of carboxylic acids is 1. The third kappa shape index (κ3) is 2.97. The smallest absolute Gasteiger partial charge is 0.307 e. The first-order chi connectivity index (χ1) is 6.93. The molecule has 0 aliphatic rings. The summed E-state index contributed by atoms with van der Waals surface area (Å²) < 4.78 is 25.0. The number of pyridine rings is 1. The molecule has 7 heteroatoms. The first-order valence-electron chi connectivity index (χ1n) is 3.76. The Balaban J connectivity index is 3.23. The number of rotatable bonds is 3. The van der Waals surface area contributed by atoms with Gasteiger partial charge in [0, 0.05) is 20.9 Å². The molecule has 0 aromatic carbocycles. The fourth-order valence-electron chi connectivity index (χ4n) is 0.979. The van der Waals surface area contributed by atoms with Gasteiger partial charge in [0.1, 0.15) is 5.15 Å². The number of aromatic nitrogens is 1. The van der Waals surface area contributed by atoms with Gasteiger partial charge >= 0.3 is 5.97 Å². The summed E-state index contributed by atoms with van der Waals surface area (Å²) >= 11 is 7.27. The molecule has 1 heterocycles. The van der Waals surface area contributed by atoms with Crippen molar-refractivity contribution in [2.75, 3.05) is 0 Å². The summed E-state index contributed by atoms with van der Waals surface area (Å²) in [6.07, 6.45) is -2.14. The number of hydrogen-bond donors (Lipinski definition) is 1. The molecular weight excluding hydrogens is 342 g/mol. The zero-order chi connectivity index (χ0) is 11.6. The zero-order valence-corrected chi connectivity index (χ0v) is 10.1. The van der Waals surface area contributed by atoms with Crippen molar-refractivity contribution in [3.63, 3.8) is 0 Å². The maximum atomic E-state index is 12.4. The van der Waals surface area contributed by atoms with E-state index in [4.69, 9.17) is 16.7 Å². The van der Waals surface area contributed by atoms with Crippen LogP contribution in [0.15, 0.2) is 6.20 Å². The summed E-state index contributed by atoms with van der Waals surface area (Å²) in [4.78, 5) is 14.0. The van der Waals surface area contributed by atoms with Crippen molar-refractivity contribution >= 4 is 40.2 Å². The maximum absolute atomic E-state index is 12.4. The summed E-state index contributed by atoms with van der Waals surface area (Å²) in [7, 11) is 0. The molecule has 82 valence electrons. The Bertz CT molecular complexity index is 400. The van der Waals surface area contributed by atoms with Gasteiger partial charge in [-0.25, -0.2) is 13.8 Å². The normalized spacial score (nSPS) is 10.7. The summed E-state index contributed by atoms with van der Waals surface area (Å²) in [5.41, 5.74) is -0.168. The molecule has 0 saturated carbocycles. The highest BCUT2D eigenvalue weighted by atomic mass is 127. The second kappa shape index (κ2) is 5.02. The molecule has 0 amide bonds. The molecule has 1 aromatic heterocycles. The molecule has 1 rings (SSSR count). The van der Waals surface area contributed by atoms with E-state index in [9.17, 15) is 13.6 Å². The number of halogens is 4. The maximum Gasteiger partial charge on any atom is 0.307 e. The van der Waals surface area contributed by atoms with E-state index >= 15 is 0 Å². The van der Waals surface area contributed by atoms with Gasteiger partial charge in [-0.3, -0.25) is 4.79 Å². The molecule has 0 fully saturated rings. The van der Waals surface area contributed by atoms with E-state index in [1.165, 1.54) is 0 Å². The van der Waals surface area contributed by atoms with Crippen molar-refractivity contribution in [1.82, 2.24) is 4.98 Å². The molecule has 0 aliphatic carbocycles. The van der Waals surface area contributed by atoms with Crippen molar-refractivity contribution in [3.05, 3.63) is 26.0 Å². The lowest BCUT2D eigenvalue weighted by Gasteiger charge is -2.08. The van der Waals surface area contributed by atoms with Gasteiger partial charge in [-0.2, -0.15) is 0 Å². The summed E-state index contributed by atoms with van der Waals surface area (Å²) in [5.74, 6) is -1.14. The predicted molar refractivity (Wildman–Crippen MR) is 58.3 cm³/mol. The summed E-state index contributed by atoms with van der Waals surface area (Å²) in [6.45, 7) is 0. The van der Waals surface area contributed by atoms with Crippen LogP contribution in [-0.2, 0) is 11.2 Å². The molecule has 15 heavy (non-hydrogen) atoms. The van der Waals surface area contributed by atoms with Crippen molar-refractivity contribution in [3.8, 4) is 0 Å². The monoisotopic (exact) mass is 347 g/mol. The van der Waals surface area contributed by atoms with Crippen molar-refractivity contribution in [2.24, 2.45) is 0 Å². The van der Waals surface area contributed by atoms with E-state index in [1.54, 1.807) is 22.6 Å². The Hall–Kier alpha value is -0.500. The lowest BCUT2D eigenvalue weighted by atomic mass is 10.1. The third-order valence-corrected chi connectivity index (χ3v) is 3.25. The minimum Gasteiger partial charge on any atom is -0.481 e. The minimum absolute atomic E-state index is 0.0498. The number of carboxylic acid groups (broad SMARTS) is 1. The topological polar surface area (TPSA) is 50.2 Å².